The standard InChI is InChI=1S/C15H11BrCl2N2S/c1-8(15-20-12-4-2-3-5-13(12)21-15)19-14-10(17)6-9(16)7-11(14)18/h2-8,19H,1H3. The fraction of sp³-hybridized carbons (Fsp3) is 0.133. The van der Waals surface area contributed by atoms with Crippen molar-refractivity contribution in [2.24, 2.45) is 0 Å². The van der Waals surface area contributed by atoms with Crippen molar-refractivity contribution in [3.05, 3.63) is 55.9 Å². The average Bonchev–Trinajstić information content (AvgIpc) is 2.86. The van der Waals surface area contributed by atoms with Gasteiger partial charge in [0, 0.05) is 4.47 Å². The van der Waals surface area contributed by atoms with Gasteiger partial charge >= 0.3 is 0 Å². The van der Waals surface area contributed by atoms with Crippen molar-refractivity contribution in [2.45, 2.75) is 13.0 Å². The molecule has 1 atom stereocenters. The van der Waals surface area contributed by atoms with E-state index in [1.54, 1.807) is 11.3 Å². The Morgan fingerprint density at radius 1 is 1.19 bits per heavy atom. The Bertz CT molecular complexity index is 747. The second kappa shape index (κ2) is 6.13. The molecule has 0 radical (unpaired) electrons. The monoisotopic (exact) mass is 400 g/mol. The van der Waals surface area contributed by atoms with Gasteiger partial charge in [-0.15, -0.1) is 11.3 Å². The highest BCUT2D eigenvalue weighted by atomic mass is 79.9. The summed E-state index contributed by atoms with van der Waals surface area (Å²) in [4.78, 5) is 4.65. The van der Waals surface area contributed by atoms with Crippen LogP contribution in [0.4, 0.5) is 5.69 Å². The molecule has 3 rings (SSSR count). The van der Waals surface area contributed by atoms with Crippen molar-refractivity contribution >= 4 is 66.4 Å². The molecule has 0 saturated heterocycles. The third kappa shape index (κ3) is 3.19. The van der Waals surface area contributed by atoms with Crippen molar-refractivity contribution in [1.29, 1.82) is 0 Å². The highest BCUT2D eigenvalue weighted by Crippen LogP contribution is 2.37. The first-order valence-corrected chi connectivity index (χ1v) is 8.67. The number of fused-ring (bicyclic) bond motifs is 1. The fourth-order valence-electron chi connectivity index (χ4n) is 2.03. The molecule has 0 bridgehead atoms. The maximum atomic E-state index is 6.25. The number of nitrogens with zero attached hydrogens (tertiary/aromatic N) is 1. The van der Waals surface area contributed by atoms with Crippen molar-refractivity contribution in [2.75, 3.05) is 5.32 Å². The number of halogens is 3. The maximum Gasteiger partial charge on any atom is 0.116 e. The van der Waals surface area contributed by atoms with E-state index < -0.39 is 0 Å². The molecule has 6 heteroatoms. The highest BCUT2D eigenvalue weighted by molar-refractivity contribution is 9.10. The van der Waals surface area contributed by atoms with Crippen LogP contribution in [-0.4, -0.2) is 4.98 Å². The van der Waals surface area contributed by atoms with Crippen LogP contribution in [0.1, 0.15) is 18.0 Å². The summed E-state index contributed by atoms with van der Waals surface area (Å²) in [6.07, 6.45) is 0. The summed E-state index contributed by atoms with van der Waals surface area (Å²) >= 11 is 17.5. The Morgan fingerprint density at radius 2 is 1.86 bits per heavy atom. The number of benzene rings is 2. The Morgan fingerprint density at radius 3 is 2.52 bits per heavy atom. The molecule has 0 spiro atoms. The van der Waals surface area contributed by atoms with Crippen LogP contribution in [0.3, 0.4) is 0 Å². The number of rotatable bonds is 3. The van der Waals surface area contributed by atoms with Gasteiger partial charge < -0.3 is 5.32 Å². The number of hydrogen-bond donors (Lipinski definition) is 1. The SMILES string of the molecule is CC(Nc1c(Cl)cc(Br)cc1Cl)c1nc2ccccc2s1. The highest BCUT2D eigenvalue weighted by Gasteiger charge is 2.15. The third-order valence-corrected chi connectivity index (χ3v) is 5.32. The summed E-state index contributed by atoms with van der Waals surface area (Å²) < 4.78 is 2.03. The van der Waals surface area contributed by atoms with Crippen LogP contribution < -0.4 is 5.32 Å². The van der Waals surface area contributed by atoms with Gasteiger partial charge in [-0.05, 0) is 31.2 Å². The summed E-state index contributed by atoms with van der Waals surface area (Å²) in [5.41, 5.74) is 1.74. The van der Waals surface area contributed by atoms with E-state index in [1.165, 1.54) is 4.70 Å². The van der Waals surface area contributed by atoms with Crippen LogP contribution in [-0.2, 0) is 0 Å². The molecule has 1 aromatic heterocycles. The van der Waals surface area contributed by atoms with Gasteiger partial charge in [0.2, 0.25) is 0 Å². The van der Waals surface area contributed by atoms with Crippen LogP contribution in [0, 0.1) is 0 Å². The molecule has 2 aromatic carbocycles. The second-order valence-electron chi connectivity index (χ2n) is 4.63. The normalized spacial score (nSPS) is 12.6. The molecule has 21 heavy (non-hydrogen) atoms. The minimum Gasteiger partial charge on any atom is -0.374 e. The topological polar surface area (TPSA) is 24.9 Å². The van der Waals surface area contributed by atoms with E-state index in [-0.39, 0.29) is 6.04 Å². The number of hydrogen-bond acceptors (Lipinski definition) is 3. The fourth-order valence-corrected chi connectivity index (χ4v) is 4.32. The smallest absolute Gasteiger partial charge is 0.116 e. The van der Waals surface area contributed by atoms with Crippen LogP contribution >= 0.6 is 50.5 Å². The molecule has 0 aliphatic heterocycles. The number of aromatic nitrogens is 1. The number of nitrogens with one attached hydrogen (secondary N) is 1. The Labute approximate surface area is 145 Å². The first-order valence-electron chi connectivity index (χ1n) is 6.31. The summed E-state index contributed by atoms with van der Waals surface area (Å²) in [5.74, 6) is 0. The van der Waals surface area contributed by atoms with Crippen molar-refractivity contribution in [3.63, 3.8) is 0 Å². The maximum absolute atomic E-state index is 6.25. The Balaban J connectivity index is 1.91. The lowest BCUT2D eigenvalue weighted by Crippen LogP contribution is -2.07. The predicted octanol–water partition coefficient (Wildman–Crippen LogP) is 6.54. The van der Waals surface area contributed by atoms with Gasteiger partial charge in [0.25, 0.3) is 0 Å². The van der Waals surface area contributed by atoms with Crippen LogP contribution in [0.2, 0.25) is 10.0 Å². The molecule has 0 aliphatic carbocycles. The quantitative estimate of drug-likeness (QED) is 0.538. The van der Waals surface area contributed by atoms with Crippen molar-refractivity contribution < 1.29 is 0 Å². The Kier molecular flexibility index (Phi) is 4.41. The molecule has 2 nitrogen and oxygen atoms in total. The first-order chi connectivity index (χ1) is 10.0. The molecular formula is C15H11BrCl2N2S. The molecule has 1 unspecified atom stereocenters. The summed E-state index contributed by atoms with van der Waals surface area (Å²) in [6.45, 7) is 2.05. The van der Waals surface area contributed by atoms with E-state index >= 15 is 0 Å². The van der Waals surface area contributed by atoms with Crippen LogP contribution in [0.5, 0.6) is 0 Å². The minimum absolute atomic E-state index is 0.0265. The van der Waals surface area contributed by atoms with Gasteiger partial charge in [0.1, 0.15) is 5.01 Å². The van der Waals surface area contributed by atoms with Gasteiger partial charge in [-0.3, -0.25) is 0 Å². The second-order valence-corrected chi connectivity index (χ2v) is 7.42. The molecule has 108 valence electrons. The van der Waals surface area contributed by atoms with Crippen LogP contribution in [0.25, 0.3) is 10.2 Å². The summed E-state index contributed by atoms with van der Waals surface area (Å²) in [6, 6.07) is 11.8. The lowest BCUT2D eigenvalue weighted by molar-refractivity contribution is 0.874. The van der Waals surface area contributed by atoms with Crippen LogP contribution in [0.15, 0.2) is 40.9 Å². The molecule has 1 N–H and O–H groups in total. The van der Waals surface area contributed by atoms with Gasteiger partial charge in [-0.1, -0.05) is 51.3 Å². The number of anilines is 1. The number of thiazole rings is 1. The average molecular weight is 402 g/mol. The first kappa shape index (κ1) is 15.1. The van der Waals surface area contributed by atoms with Gasteiger partial charge in [-0.25, -0.2) is 4.98 Å². The molecule has 0 saturated carbocycles. The minimum atomic E-state index is 0.0265. The van der Waals surface area contributed by atoms with E-state index in [2.05, 4.69) is 32.3 Å². The zero-order valence-corrected chi connectivity index (χ0v) is 14.9. The van der Waals surface area contributed by atoms with Gasteiger partial charge in [0.15, 0.2) is 0 Å². The number of para-hydroxylation sites is 1. The van der Waals surface area contributed by atoms with E-state index in [9.17, 15) is 0 Å². The van der Waals surface area contributed by atoms with E-state index in [1.807, 2.05) is 37.3 Å². The van der Waals surface area contributed by atoms with E-state index in [4.69, 9.17) is 23.2 Å². The molecule has 0 fully saturated rings. The lowest BCUT2D eigenvalue weighted by Gasteiger charge is -2.15. The Hall–Kier alpha value is -0.810. The molecular weight excluding hydrogens is 391 g/mol. The van der Waals surface area contributed by atoms with Crippen molar-refractivity contribution in [1.82, 2.24) is 4.98 Å². The van der Waals surface area contributed by atoms with Gasteiger partial charge in [-0.2, -0.15) is 0 Å². The van der Waals surface area contributed by atoms with E-state index in [0.29, 0.717) is 10.0 Å². The van der Waals surface area contributed by atoms with Crippen molar-refractivity contribution in [3.8, 4) is 0 Å². The molecule has 0 aliphatic rings. The lowest BCUT2D eigenvalue weighted by atomic mass is 10.2. The predicted molar refractivity (Wildman–Crippen MR) is 95.8 cm³/mol. The largest absolute Gasteiger partial charge is 0.374 e. The van der Waals surface area contributed by atoms with Gasteiger partial charge in [0.05, 0.1) is 32.0 Å². The third-order valence-electron chi connectivity index (χ3n) is 3.05. The molecule has 3 aromatic rings. The van der Waals surface area contributed by atoms with E-state index in [0.717, 1.165) is 20.7 Å². The molecule has 1 heterocycles. The zero-order chi connectivity index (χ0) is 15.0. The molecule has 0 amide bonds. The summed E-state index contributed by atoms with van der Waals surface area (Å²) in [7, 11) is 0. The summed E-state index contributed by atoms with van der Waals surface area (Å²) in [5, 5.41) is 5.52. The zero-order valence-electron chi connectivity index (χ0n) is 11.0.